The van der Waals surface area contributed by atoms with E-state index >= 15 is 0 Å². The number of benzene rings is 3. The molecule has 3 aromatic carbocycles. The minimum Gasteiger partial charge on any atom is -0.482 e. The van der Waals surface area contributed by atoms with Gasteiger partial charge in [-0.15, -0.1) is 0 Å². The minimum absolute atomic E-state index is 0.0400. The van der Waals surface area contributed by atoms with Crippen molar-refractivity contribution in [3.05, 3.63) is 117 Å². The summed E-state index contributed by atoms with van der Waals surface area (Å²) >= 11 is 6.19. The molecule has 10 heteroatoms. The number of nitrogens with zero attached hydrogens (tertiary/aromatic N) is 4. The first-order valence-corrected chi connectivity index (χ1v) is 15.2. The molecule has 0 saturated carbocycles. The summed E-state index contributed by atoms with van der Waals surface area (Å²) < 4.78 is 35.5. The van der Waals surface area contributed by atoms with E-state index in [1.807, 2.05) is 47.4 Å². The Kier molecular flexibility index (Phi) is 7.35. The molecule has 8 nitrogen and oxygen atoms in total. The molecule has 6 rings (SSSR count). The third kappa shape index (κ3) is 5.50. The van der Waals surface area contributed by atoms with Gasteiger partial charge in [-0.05, 0) is 34.9 Å². The average Bonchev–Trinajstić information content (AvgIpc) is 3.37. The zero-order chi connectivity index (χ0) is 27.7. The van der Waals surface area contributed by atoms with Gasteiger partial charge in [0.15, 0.2) is 0 Å². The van der Waals surface area contributed by atoms with Gasteiger partial charge in [-0.1, -0.05) is 72.3 Å². The van der Waals surface area contributed by atoms with Crippen LogP contribution in [0, 0.1) is 0 Å². The lowest BCUT2D eigenvalue weighted by Crippen LogP contribution is -2.49. The monoisotopic (exact) mass is 576 g/mol. The molecule has 0 atom stereocenters. The lowest BCUT2D eigenvalue weighted by atomic mass is 10.1. The number of anilines is 1. The minimum atomic E-state index is -3.47. The number of ether oxygens (including phenoxy) is 1. The van der Waals surface area contributed by atoms with E-state index in [2.05, 4.69) is 17.2 Å². The maximum Gasteiger partial charge on any atom is 0.316 e. The smallest absolute Gasteiger partial charge is 0.316 e. The van der Waals surface area contributed by atoms with E-state index in [0.29, 0.717) is 55.4 Å². The average molecular weight is 577 g/mol. The topological polar surface area (TPSA) is 84.7 Å². The highest BCUT2D eigenvalue weighted by Crippen LogP contribution is 2.31. The Morgan fingerprint density at radius 1 is 0.875 bits per heavy atom. The first kappa shape index (κ1) is 26.6. The molecule has 0 bridgehead atoms. The van der Waals surface area contributed by atoms with Gasteiger partial charge in [-0.25, -0.2) is 8.42 Å². The van der Waals surface area contributed by atoms with Crippen LogP contribution in [-0.4, -0.2) is 54.8 Å². The number of halogens is 1. The van der Waals surface area contributed by atoms with Crippen LogP contribution < -0.4 is 15.2 Å². The predicted octanol–water partition coefficient (Wildman–Crippen LogP) is 4.08. The summed E-state index contributed by atoms with van der Waals surface area (Å²) in [6.45, 7) is 1.44. The predicted molar refractivity (Wildman–Crippen MR) is 156 cm³/mol. The second-order valence-electron chi connectivity index (χ2n) is 10.1. The van der Waals surface area contributed by atoms with Crippen molar-refractivity contribution in [3.63, 3.8) is 0 Å². The van der Waals surface area contributed by atoms with Gasteiger partial charge in [0.2, 0.25) is 15.8 Å². The first-order valence-electron chi connectivity index (χ1n) is 13.3. The second-order valence-corrected chi connectivity index (χ2v) is 12.5. The fourth-order valence-corrected chi connectivity index (χ4v) is 7.11. The lowest BCUT2D eigenvalue weighted by Gasteiger charge is -2.36. The van der Waals surface area contributed by atoms with Crippen LogP contribution in [0.15, 0.2) is 89.9 Å². The molecule has 4 aromatic rings. The number of hydrogen-bond donors (Lipinski definition) is 0. The van der Waals surface area contributed by atoms with E-state index in [9.17, 15) is 13.2 Å². The molecule has 1 aliphatic carbocycles. The Morgan fingerprint density at radius 2 is 1.55 bits per heavy atom. The summed E-state index contributed by atoms with van der Waals surface area (Å²) in [7, 11) is -3.47. The van der Waals surface area contributed by atoms with E-state index < -0.39 is 10.0 Å². The Balaban J connectivity index is 1.27. The number of fused-ring (bicyclic) bond motifs is 1. The molecule has 0 radical (unpaired) electrons. The molecule has 0 amide bonds. The molecule has 1 aliphatic heterocycles. The van der Waals surface area contributed by atoms with Gasteiger partial charge in [0.1, 0.15) is 11.8 Å². The summed E-state index contributed by atoms with van der Waals surface area (Å²) in [6, 6.07) is 24.3. The molecule has 40 heavy (non-hydrogen) atoms. The van der Waals surface area contributed by atoms with Crippen LogP contribution in [0.2, 0.25) is 5.02 Å². The van der Waals surface area contributed by atoms with Gasteiger partial charge in [0, 0.05) is 44.0 Å². The van der Waals surface area contributed by atoms with Crippen molar-refractivity contribution < 1.29 is 13.2 Å². The SMILES string of the molecule is O=c1c(OC2Cc3ccccc3C2)c(N2CCN(S(=O)(=O)Cc3ccccc3)CC2)cnn1-c1cccc(Cl)c1. The van der Waals surface area contributed by atoms with E-state index in [1.165, 1.54) is 20.1 Å². The van der Waals surface area contributed by atoms with Crippen molar-refractivity contribution >= 4 is 27.3 Å². The van der Waals surface area contributed by atoms with Crippen LogP contribution in [0.25, 0.3) is 5.69 Å². The maximum absolute atomic E-state index is 13.8. The Labute approximate surface area is 238 Å². The molecule has 206 valence electrons. The Hall–Kier alpha value is -3.66. The largest absolute Gasteiger partial charge is 0.482 e. The van der Waals surface area contributed by atoms with Gasteiger partial charge in [-0.2, -0.15) is 14.1 Å². The van der Waals surface area contributed by atoms with Crippen LogP contribution in [-0.2, 0) is 28.6 Å². The third-order valence-corrected chi connectivity index (χ3v) is 9.52. The molecule has 2 aliphatic rings. The number of hydrogen-bond acceptors (Lipinski definition) is 6. The van der Waals surface area contributed by atoms with Crippen molar-refractivity contribution in [1.29, 1.82) is 0 Å². The van der Waals surface area contributed by atoms with Crippen LogP contribution in [0.3, 0.4) is 0 Å². The van der Waals surface area contributed by atoms with Gasteiger partial charge in [-0.3, -0.25) is 4.79 Å². The maximum atomic E-state index is 13.8. The normalized spacial score (nSPS) is 16.2. The highest BCUT2D eigenvalue weighted by molar-refractivity contribution is 7.88. The van der Waals surface area contributed by atoms with Gasteiger partial charge in [0.05, 0.1) is 17.6 Å². The molecule has 0 spiro atoms. The van der Waals surface area contributed by atoms with E-state index in [-0.39, 0.29) is 23.2 Å². The molecule has 1 saturated heterocycles. The molecule has 1 aromatic heterocycles. The van der Waals surface area contributed by atoms with E-state index in [0.717, 1.165) is 5.56 Å². The van der Waals surface area contributed by atoms with Crippen LogP contribution in [0.4, 0.5) is 5.69 Å². The first-order chi connectivity index (χ1) is 19.4. The van der Waals surface area contributed by atoms with Crippen molar-refractivity contribution in [2.75, 3.05) is 31.1 Å². The number of aromatic nitrogens is 2. The van der Waals surface area contributed by atoms with Crippen molar-refractivity contribution in [2.24, 2.45) is 0 Å². The fraction of sp³-hybridized carbons (Fsp3) is 0.267. The van der Waals surface area contributed by atoms with Crippen molar-refractivity contribution in [3.8, 4) is 11.4 Å². The zero-order valence-electron chi connectivity index (χ0n) is 21.8. The molecule has 1 fully saturated rings. The van der Waals surface area contributed by atoms with E-state index in [4.69, 9.17) is 16.3 Å². The Morgan fingerprint density at radius 3 is 2.23 bits per heavy atom. The third-order valence-electron chi connectivity index (χ3n) is 7.43. The zero-order valence-corrected chi connectivity index (χ0v) is 23.4. The molecule has 0 unspecified atom stereocenters. The highest BCUT2D eigenvalue weighted by atomic mass is 35.5. The summed E-state index contributed by atoms with van der Waals surface area (Å²) in [5.41, 5.74) is 3.92. The quantitative estimate of drug-likeness (QED) is 0.330. The summed E-state index contributed by atoms with van der Waals surface area (Å²) in [6.07, 6.45) is 2.86. The van der Waals surface area contributed by atoms with Crippen molar-refractivity contribution in [1.82, 2.24) is 14.1 Å². The van der Waals surface area contributed by atoms with Gasteiger partial charge in [0.25, 0.3) is 0 Å². The number of rotatable bonds is 7. The second kappa shape index (κ2) is 11.1. The standard InChI is InChI=1S/C30H29ClN4O4S/c31-25-11-6-12-26(19-25)35-30(36)29(39-27-17-23-9-4-5-10-24(23)18-27)28(20-32-35)33-13-15-34(16-14-33)40(37,38)21-22-7-2-1-3-8-22/h1-12,19-20,27H,13-18,21H2. The van der Waals surface area contributed by atoms with Gasteiger partial charge < -0.3 is 9.64 Å². The summed E-state index contributed by atoms with van der Waals surface area (Å²) in [5, 5.41) is 4.95. The Bertz CT molecular complexity index is 1660. The van der Waals surface area contributed by atoms with Gasteiger partial charge >= 0.3 is 5.56 Å². The fourth-order valence-electron chi connectivity index (χ4n) is 5.41. The summed E-state index contributed by atoms with van der Waals surface area (Å²) in [4.78, 5) is 15.8. The van der Waals surface area contributed by atoms with Crippen LogP contribution in [0.5, 0.6) is 5.75 Å². The molecule has 0 N–H and O–H groups in total. The molecule has 2 heterocycles. The molecular weight excluding hydrogens is 548 g/mol. The van der Waals surface area contributed by atoms with Crippen molar-refractivity contribution in [2.45, 2.75) is 24.7 Å². The van der Waals surface area contributed by atoms with Crippen LogP contribution >= 0.6 is 11.6 Å². The molecular formula is C30H29ClN4O4S. The summed E-state index contributed by atoms with van der Waals surface area (Å²) in [5.74, 6) is 0.176. The van der Waals surface area contributed by atoms with E-state index in [1.54, 1.807) is 30.5 Å². The highest BCUT2D eigenvalue weighted by Gasteiger charge is 2.31. The number of piperazine rings is 1. The number of sulfonamides is 1. The lowest BCUT2D eigenvalue weighted by molar-refractivity contribution is 0.209. The van der Waals surface area contributed by atoms with Crippen LogP contribution in [0.1, 0.15) is 16.7 Å².